The Hall–Kier alpha value is -2.96. The fourth-order valence-electron chi connectivity index (χ4n) is 3.31. The van der Waals surface area contributed by atoms with E-state index in [1.165, 1.54) is 0 Å². The molecule has 0 radical (unpaired) electrons. The molecule has 0 amide bonds. The van der Waals surface area contributed by atoms with Gasteiger partial charge >= 0.3 is 0 Å². The maximum absolute atomic E-state index is 10.4. The molecule has 3 aromatic rings. The molecule has 0 unspecified atom stereocenters. The summed E-state index contributed by atoms with van der Waals surface area (Å²) in [6, 6.07) is 9.34. The summed E-state index contributed by atoms with van der Waals surface area (Å²) in [6.07, 6.45) is 6.56. The first kappa shape index (κ1) is 20.8. The second-order valence-electron chi connectivity index (χ2n) is 7.79. The van der Waals surface area contributed by atoms with Gasteiger partial charge in [-0.2, -0.15) is 5.21 Å². The fraction of sp³-hybridized carbons (Fsp3) is 0.455. The van der Waals surface area contributed by atoms with Gasteiger partial charge in [0.2, 0.25) is 0 Å². The number of nitrogens with zero attached hydrogens (tertiary/aromatic N) is 5. The van der Waals surface area contributed by atoms with Crippen molar-refractivity contribution in [1.29, 1.82) is 0 Å². The molecule has 0 aliphatic carbocycles. The lowest BCUT2D eigenvalue weighted by Crippen LogP contribution is -2.20. The van der Waals surface area contributed by atoms with Crippen LogP contribution in [0.3, 0.4) is 0 Å². The molecule has 0 spiro atoms. The molecular weight excluding hydrogens is 366 g/mol. The van der Waals surface area contributed by atoms with E-state index in [9.17, 15) is 5.11 Å². The number of tetrazole rings is 1. The zero-order valence-corrected chi connectivity index (χ0v) is 17.3. The topological polar surface area (TPSA) is 95.1 Å². The molecule has 0 fully saturated rings. The van der Waals surface area contributed by atoms with Crippen molar-refractivity contribution in [3.63, 3.8) is 0 Å². The average Bonchev–Trinajstić information content (AvgIpc) is 3.27. The van der Waals surface area contributed by atoms with E-state index in [0.29, 0.717) is 12.4 Å². The summed E-state index contributed by atoms with van der Waals surface area (Å²) in [5.74, 6) is 1.63. The van der Waals surface area contributed by atoms with Gasteiger partial charge < -0.3 is 14.9 Å². The molecule has 0 atom stereocenters. The minimum absolute atomic E-state index is 0.118. The number of unbranched alkanes of at least 4 members (excludes halogenated alkanes) is 2. The molecule has 0 aliphatic rings. The monoisotopic (exact) mass is 394 g/mol. The van der Waals surface area contributed by atoms with E-state index in [-0.39, 0.29) is 11.2 Å². The van der Waals surface area contributed by atoms with Crippen LogP contribution in [0.4, 0.5) is 0 Å². The maximum Gasteiger partial charge on any atom is 0.128 e. The Kier molecular flexibility index (Phi) is 6.80. The van der Waals surface area contributed by atoms with Gasteiger partial charge in [-0.05, 0) is 48.4 Å². The number of hydrogen-bond donors (Lipinski definition) is 1. The third-order valence-corrected chi connectivity index (χ3v) is 5.13. The smallest absolute Gasteiger partial charge is 0.128 e. The highest BCUT2D eigenvalue weighted by Crippen LogP contribution is 2.35. The van der Waals surface area contributed by atoms with Crippen molar-refractivity contribution in [3.8, 4) is 22.8 Å². The Balaban J connectivity index is 1.51. The highest BCUT2D eigenvalue weighted by atomic mass is 16.5. The second-order valence-corrected chi connectivity index (χ2v) is 7.79. The van der Waals surface area contributed by atoms with Crippen molar-refractivity contribution in [1.82, 2.24) is 25.6 Å². The normalized spacial score (nSPS) is 11.6. The Morgan fingerprint density at radius 2 is 2.00 bits per heavy atom. The van der Waals surface area contributed by atoms with E-state index >= 15 is 0 Å². The Morgan fingerprint density at radius 1 is 1.14 bits per heavy atom. The third-order valence-electron chi connectivity index (χ3n) is 5.13. The number of benzene rings is 1. The summed E-state index contributed by atoms with van der Waals surface area (Å²) in [7, 11) is 0. The summed E-state index contributed by atoms with van der Waals surface area (Å²) >= 11 is 0. The van der Waals surface area contributed by atoms with Crippen molar-refractivity contribution in [2.24, 2.45) is 0 Å². The molecule has 0 saturated heterocycles. The van der Waals surface area contributed by atoms with Crippen LogP contribution in [0, 0.1) is 0 Å². The minimum atomic E-state index is -0.118. The predicted molar refractivity (Wildman–Crippen MR) is 111 cm³/mol. The second kappa shape index (κ2) is 9.49. The minimum Gasteiger partial charge on any atom is -0.507 e. The highest BCUT2D eigenvalue weighted by molar-refractivity contribution is 5.69. The van der Waals surface area contributed by atoms with Gasteiger partial charge in [-0.15, -0.1) is 0 Å². The maximum atomic E-state index is 10.4. The van der Waals surface area contributed by atoms with Gasteiger partial charge in [-0.25, -0.2) is 0 Å². The average molecular weight is 394 g/mol. The van der Waals surface area contributed by atoms with Crippen LogP contribution in [-0.4, -0.2) is 32.2 Å². The number of hydrogen-bond acceptors (Lipinski definition) is 6. The van der Waals surface area contributed by atoms with Crippen LogP contribution in [0.1, 0.15) is 57.8 Å². The first-order valence-corrected chi connectivity index (χ1v) is 10.1. The summed E-state index contributed by atoms with van der Waals surface area (Å²) in [6.45, 7) is 6.92. The first-order chi connectivity index (χ1) is 14.0. The van der Waals surface area contributed by atoms with Gasteiger partial charge in [0.25, 0.3) is 0 Å². The summed E-state index contributed by atoms with van der Waals surface area (Å²) < 4.78 is 5.98. The number of aryl methyl sites for hydroxylation is 1. The van der Waals surface area contributed by atoms with E-state index in [1.54, 1.807) is 12.3 Å². The molecule has 0 bridgehead atoms. The number of phenolic OH excluding ortho intramolecular Hbond substituents is 1. The van der Waals surface area contributed by atoms with Crippen LogP contribution < -0.4 is 9.84 Å². The summed E-state index contributed by atoms with van der Waals surface area (Å²) in [4.78, 5) is 4.33. The van der Waals surface area contributed by atoms with Crippen molar-refractivity contribution >= 4 is 0 Å². The van der Waals surface area contributed by atoms with Crippen LogP contribution >= 0.6 is 0 Å². The molecular formula is C22H28N5O2-. The van der Waals surface area contributed by atoms with E-state index in [4.69, 9.17) is 4.74 Å². The molecule has 154 valence electrons. The number of aromatic nitrogens is 5. The van der Waals surface area contributed by atoms with Crippen LogP contribution in [0.2, 0.25) is 0 Å². The molecule has 29 heavy (non-hydrogen) atoms. The third kappa shape index (κ3) is 5.31. The molecule has 1 aromatic carbocycles. The molecule has 7 heteroatoms. The molecule has 7 nitrogen and oxygen atoms in total. The first-order valence-electron chi connectivity index (χ1n) is 10.1. The lowest BCUT2D eigenvalue weighted by molar-refractivity contribution is 0.296. The van der Waals surface area contributed by atoms with Gasteiger partial charge in [0.05, 0.1) is 12.3 Å². The van der Waals surface area contributed by atoms with Crippen LogP contribution in [0.5, 0.6) is 11.5 Å². The van der Waals surface area contributed by atoms with E-state index in [1.807, 2.05) is 24.3 Å². The Morgan fingerprint density at radius 3 is 2.69 bits per heavy atom. The molecule has 2 heterocycles. The lowest BCUT2D eigenvalue weighted by Gasteiger charge is -2.24. The fourth-order valence-corrected chi connectivity index (χ4v) is 3.31. The Labute approximate surface area is 171 Å². The molecule has 2 aromatic heterocycles. The van der Waals surface area contributed by atoms with Gasteiger partial charge in [0.1, 0.15) is 11.5 Å². The predicted octanol–water partition coefficient (Wildman–Crippen LogP) is 4.08. The molecule has 3 rings (SSSR count). The number of ether oxygens (including phenoxy) is 1. The van der Waals surface area contributed by atoms with Gasteiger partial charge in [0.15, 0.2) is 0 Å². The van der Waals surface area contributed by atoms with E-state index in [2.05, 4.69) is 46.4 Å². The van der Waals surface area contributed by atoms with E-state index in [0.717, 1.165) is 54.7 Å². The molecule has 0 saturated carbocycles. The number of phenols is 1. The largest absolute Gasteiger partial charge is 0.507 e. The SMILES string of the molecule is CCc1cc(-c2ccccn2)c(O)cc1OCCCCCC(C)(C)c1nnn[n-]1. The van der Waals surface area contributed by atoms with Gasteiger partial charge in [-0.3, -0.25) is 15.3 Å². The summed E-state index contributed by atoms with van der Waals surface area (Å²) in [5, 5.41) is 25.5. The van der Waals surface area contributed by atoms with Crippen LogP contribution in [0.25, 0.3) is 11.3 Å². The van der Waals surface area contributed by atoms with E-state index < -0.39 is 0 Å². The highest BCUT2D eigenvalue weighted by Gasteiger charge is 2.19. The van der Waals surface area contributed by atoms with Crippen molar-refractivity contribution in [3.05, 3.63) is 47.9 Å². The van der Waals surface area contributed by atoms with Gasteiger partial charge in [-0.1, -0.05) is 39.7 Å². The zero-order valence-electron chi connectivity index (χ0n) is 17.3. The van der Waals surface area contributed by atoms with Crippen LogP contribution in [0.15, 0.2) is 36.5 Å². The molecule has 0 aliphatic heterocycles. The number of rotatable bonds is 10. The van der Waals surface area contributed by atoms with Gasteiger partial charge in [0, 0.05) is 23.7 Å². The lowest BCUT2D eigenvalue weighted by atomic mass is 9.86. The van der Waals surface area contributed by atoms with Crippen molar-refractivity contribution < 1.29 is 9.84 Å². The van der Waals surface area contributed by atoms with Crippen molar-refractivity contribution in [2.75, 3.05) is 6.61 Å². The Bertz CT molecular complexity index is 895. The molecule has 1 N–H and O–H groups in total. The summed E-state index contributed by atoms with van der Waals surface area (Å²) in [5.41, 5.74) is 2.44. The number of aromatic hydroxyl groups is 1. The standard InChI is InChI=1S/C22H28N5O2/c1-4-16-14-17(18-10-6-8-12-23-18)19(28)15-20(16)29-13-9-5-7-11-22(2,3)21-24-26-27-25-21/h6,8,10,12,14-15H,4-5,7,9,11,13H2,1-3H3,(H-,23,24,25,26,27,28)/q-1. The zero-order chi connectivity index (χ0) is 20.7. The van der Waals surface area contributed by atoms with Crippen LogP contribution in [-0.2, 0) is 11.8 Å². The quantitative estimate of drug-likeness (QED) is 0.518. The van der Waals surface area contributed by atoms with Crippen molar-refractivity contribution in [2.45, 2.75) is 58.3 Å². The number of pyridine rings is 1.